The monoisotopic (exact) mass is 275 g/mol. The Balaban J connectivity index is 3.90. The fourth-order valence-electron chi connectivity index (χ4n) is 1.54. The fraction of sp³-hybridized carbons (Fsp3) is 0.833. The zero-order valence-electron chi connectivity index (χ0n) is 11.6. The summed E-state index contributed by atoms with van der Waals surface area (Å²) < 4.78 is 4.98. The highest BCUT2D eigenvalue weighted by Crippen LogP contribution is 2.06. The van der Waals surface area contributed by atoms with Gasteiger partial charge in [-0.15, -0.1) is 0 Å². The average molecular weight is 275 g/mol. The Labute approximate surface area is 115 Å². The first kappa shape index (κ1) is 17.3. The van der Waals surface area contributed by atoms with Gasteiger partial charge in [-0.05, 0) is 13.5 Å². The Kier molecular flexibility index (Phi) is 9.82. The van der Waals surface area contributed by atoms with Crippen molar-refractivity contribution in [3.63, 3.8) is 0 Å². The Morgan fingerprint density at radius 1 is 1.50 bits per heavy atom. The van der Waals surface area contributed by atoms with E-state index >= 15 is 0 Å². The molecule has 0 aromatic heterocycles. The van der Waals surface area contributed by atoms with E-state index in [1.54, 1.807) is 7.11 Å². The van der Waals surface area contributed by atoms with Crippen molar-refractivity contribution < 1.29 is 9.53 Å². The SMILES string of the molecule is CCCC(C(=O)NCCN(C)CCOC)C(N)=S. The minimum atomic E-state index is -0.339. The van der Waals surface area contributed by atoms with Crippen LogP contribution >= 0.6 is 12.2 Å². The Bertz CT molecular complexity index is 262. The highest BCUT2D eigenvalue weighted by Gasteiger charge is 2.19. The van der Waals surface area contributed by atoms with Crippen molar-refractivity contribution in [2.24, 2.45) is 11.7 Å². The Morgan fingerprint density at radius 2 is 2.17 bits per heavy atom. The van der Waals surface area contributed by atoms with Crippen molar-refractivity contribution in [3.8, 4) is 0 Å². The Hall–Kier alpha value is -0.720. The molecule has 1 unspecified atom stereocenters. The molecule has 0 radical (unpaired) electrons. The lowest BCUT2D eigenvalue weighted by atomic mass is 10.0. The molecule has 0 aromatic carbocycles. The number of rotatable bonds is 10. The number of hydrogen-bond acceptors (Lipinski definition) is 4. The topological polar surface area (TPSA) is 67.6 Å². The van der Waals surface area contributed by atoms with Crippen molar-refractivity contribution in [1.29, 1.82) is 0 Å². The second-order valence-electron chi connectivity index (χ2n) is 4.33. The minimum Gasteiger partial charge on any atom is -0.393 e. The van der Waals surface area contributed by atoms with Gasteiger partial charge in [-0.2, -0.15) is 0 Å². The molecule has 0 saturated carbocycles. The van der Waals surface area contributed by atoms with Crippen LogP contribution in [0.3, 0.4) is 0 Å². The first-order valence-electron chi connectivity index (χ1n) is 6.27. The quantitative estimate of drug-likeness (QED) is 0.564. The van der Waals surface area contributed by atoms with Gasteiger partial charge in [-0.25, -0.2) is 0 Å². The number of carbonyl (C=O) groups is 1. The summed E-state index contributed by atoms with van der Waals surface area (Å²) in [6, 6.07) is 0. The molecule has 0 fully saturated rings. The molecular formula is C12H25N3O2S. The van der Waals surface area contributed by atoms with Crippen LogP contribution in [0.4, 0.5) is 0 Å². The molecule has 106 valence electrons. The average Bonchev–Trinajstić information content (AvgIpc) is 2.32. The third-order valence-corrected chi connectivity index (χ3v) is 2.99. The maximum absolute atomic E-state index is 11.8. The molecule has 5 nitrogen and oxygen atoms in total. The minimum absolute atomic E-state index is 0.0653. The van der Waals surface area contributed by atoms with Crippen molar-refractivity contribution in [1.82, 2.24) is 10.2 Å². The molecule has 6 heteroatoms. The zero-order chi connectivity index (χ0) is 14.0. The van der Waals surface area contributed by atoms with Gasteiger partial charge in [-0.1, -0.05) is 25.6 Å². The van der Waals surface area contributed by atoms with Gasteiger partial charge in [0.1, 0.15) is 0 Å². The van der Waals surface area contributed by atoms with Gasteiger partial charge in [0, 0.05) is 26.7 Å². The van der Waals surface area contributed by atoms with Gasteiger partial charge in [0.25, 0.3) is 0 Å². The molecule has 0 spiro atoms. The number of methoxy groups -OCH3 is 1. The van der Waals surface area contributed by atoms with Crippen LogP contribution in [0.5, 0.6) is 0 Å². The van der Waals surface area contributed by atoms with E-state index in [-0.39, 0.29) is 16.8 Å². The second kappa shape index (κ2) is 10.2. The van der Waals surface area contributed by atoms with Crippen molar-refractivity contribution >= 4 is 23.1 Å². The van der Waals surface area contributed by atoms with Crippen LogP contribution in [0, 0.1) is 5.92 Å². The maximum Gasteiger partial charge on any atom is 0.229 e. The van der Waals surface area contributed by atoms with Crippen molar-refractivity contribution in [2.45, 2.75) is 19.8 Å². The zero-order valence-corrected chi connectivity index (χ0v) is 12.4. The number of nitrogens with zero attached hydrogens (tertiary/aromatic N) is 1. The largest absolute Gasteiger partial charge is 0.393 e. The first-order chi connectivity index (χ1) is 8.52. The number of carbonyl (C=O) groups excluding carboxylic acids is 1. The van der Waals surface area contributed by atoms with E-state index in [1.165, 1.54) is 0 Å². The van der Waals surface area contributed by atoms with Crippen LogP contribution in [0.15, 0.2) is 0 Å². The standard InChI is InChI=1S/C12H25N3O2S/c1-4-5-10(11(13)18)12(16)14-6-7-15(2)8-9-17-3/h10H,4-9H2,1-3H3,(H2,13,18)(H,14,16). The number of nitrogens with one attached hydrogen (secondary N) is 1. The number of hydrogen-bond donors (Lipinski definition) is 2. The normalized spacial score (nSPS) is 12.4. The molecule has 0 aliphatic heterocycles. The molecule has 0 saturated heterocycles. The predicted octanol–water partition coefficient (Wildman–Crippen LogP) is 0.383. The first-order valence-corrected chi connectivity index (χ1v) is 6.68. The van der Waals surface area contributed by atoms with E-state index in [1.807, 2.05) is 14.0 Å². The van der Waals surface area contributed by atoms with Crippen LogP contribution in [-0.2, 0) is 9.53 Å². The summed E-state index contributed by atoms with van der Waals surface area (Å²) in [6.45, 7) is 4.93. The lowest BCUT2D eigenvalue weighted by Gasteiger charge is -2.18. The van der Waals surface area contributed by atoms with E-state index < -0.39 is 0 Å². The molecule has 0 aliphatic carbocycles. The van der Waals surface area contributed by atoms with Crippen molar-refractivity contribution in [3.05, 3.63) is 0 Å². The van der Waals surface area contributed by atoms with Crippen LogP contribution < -0.4 is 11.1 Å². The van der Waals surface area contributed by atoms with Gasteiger partial charge in [0.15, 0.2) is 0 Å². The molecule has 0 heterocycles. The van der Waals surface area contributed by atoms with Gasteiger partial charge >= 0.3 is 0 Å². The molecule has 0 bridgehead atoms. The maximum atomic E-state index is 11.8. The number of nitrogens with two attached hydrogens (primary N) is 1. The van der Waals surface area contributed by atoms with Gasteiger partial charge in [-0.3, -0.25) is 4.79 Å². The van der Waals surface area contributed by atoms with Crippen LogP contribution in [0.2, 0.25) is 0 Å². The fourth-order valence-corrected chi connectivity index (χ4v) is 1.77. The van der Waals surface area contributed by atoms with Crippen molar-refractivity contribution in [2.75, 3.05) is 40.4 Å². The van der Waals surface area contributed by atoms with E-state index in [4.69, 9.17) is 22.7 Å². The third kappa shape index (κ3) is 7.58. The number of amides is 1. The second-order valence-corrected chi connectivity index (χ2v) is 4.80. The number of likely N-dealkylation sites (N-methyl/N-ethyl adjacent to an activating group) is 1. The lowest BCUT2D eigenvalue weighted by molar-refractivity contribution is -0.123. The van der Waals surface area contributed by atoms with Crippen LogP contribution in [-0.4, -0.2) is 56.2 Å². The molecule has 0 aliphatic rings. The highest BCUT2D eigenvalue weighted by atomic mass is 32.1. The Morgan fingerprint density at radius 3 is 2.67 bits per heavy atom. The predicted molar refractivity (Wildman–Crippen MR) is 77.6 cm³/mol. The highest BCUT2D eigenvalue weighted by molar-refractivity contribution is 7.80. The van der Waals surface area contributed by atoms with E-state index in [0.29, 0.717) is 19.6 Å². The summed E-state index contributed by atoms with van der Waals surface area (Å²) in [6.07, 6.45) is 1.60. The van der Waals surface area contributed by atoms with E-state index in [2.05, 4.69) is 10.2 Å². The number of thiocarbonyl (C=S) groups is 1. The smallest absolute Gasteiger partial charge is 0.229 e. The summed E-state index contributed by atoms with van der Waals surface area (Å²) in [5.74, 6) is -0.404. The summed E-state index contributed by atoms with van der Waals surface area (Å²) in [7, 11) is 3.66. The van der Waals surface area contributed by atoms with E-state index in [0.717, 1.165) is 19.5 Å². The third-order valence-electron chi connectivity index (χ3n) is 2.71. The molecule has 0 aromatic rings. The summed E-state index contributed by atoms with van der Waals surface area (Å²) in [5, 5.41) is 2.87. The van der Waals surface area contributed by atoms with Gasteiger partial charge in [0.2, 0.25) is 5.91 Å². The molecule has 3 N–H and O–H groups in total. The summed E-state index contributed by atoms with van der Waals surface area (Å²) in [5.41, 5.74) is 5.56. The molecule has 18 heavy (non-hydrogen) atoms. The van der Waals surface area contributed by atoms with E-state index in [9.17, 15) is 4.79 Å². The molecule has 1 atom stereocenters. The van der Waals surface area contributed by atoms with Crippen LogP contribution in [0.1, 0.15) is 19.8 Å². The number of ether oxygens (including phenoxy) is 1. The van der Waals surface area contributed by atoms with Gasteiger partial charge in [0.05, 0.1) is 17.5 Å². The summed E-state index contributed by atoms with van der Waals surface area (Å²) in [4.78, 5) is 14.2. The lowest BCUT2D eigenvalue weighted by Crippen LogP contribution is -2.41. The molecular weight excluding hydrogens is 250 g/mol. The van der Waals surface area contributed by atoms with Crippen LogP contribution in [0.25, 0.3) is 0 Å². The molecule has 0 rings (SSSR count). The molecule has 1 amide bonds. The summed E-state index contributed by atoms with van der Waals surface area (Å²) >= 11 is 4.91. The van der Waals surface area contributed by atoms with Gasteiger partial charge < -0.3 is 20.7 Å².